The van der Waals surface area contributed by atoms with Crippen molar-refractivity contribution in [3.05, 3.63) is 18.2 Å². The topological polar surface area (TPSA) is 33.1 Å². The van der Waals surface area contributed by atoms with Crippen molar-refractivity contribution in [1.29, 1.82) is 0 Å². The molecule has 3 rings (SSSR count). The van der Waals surface area contributed by atoms with Gasteiger partial charge in [0.2, 0.25) is 0 Å². The van der Waals surface area contributed by atoms with Crippen molar-refractivity contribution in [1.82, 2.24) is 19.8 Å². The Kier molecular flexibility index (Phi) is 2.92. The third kappa shape index (κ3) is 2.11. The quantitative estimate of drug-likeness (QED) is 0.850. The van der Waals surface area contributed by atoms with Crippen LogP contribution in [0, 0.1) is 11.8 Å². The molecule has 0 aromatic carbocycles. The summed E-state index contributed by atoms with van der Waals surface area (Å²) >= 11 is 0. The summed E-state index contributed by atoms with van der Waals surface area (Å²) in [6.07, 6.45) is 3.98. The number of hydrogen-bond donors (Lipinski definition) is 1. The standard InChI is InChI=1S/C13H22N4/c1-10(2)17-9-15-5-13(17)8-16-6-11-3-14-4-12(11)7-16/h5,9-12,14H,3-4,6-8H2,1-2H3. The monoisotopic (exact) mass is 234 g/mol. The molecule has 0 amide bonds. The van der Waals surface area contributed by atoms with Gasteiger partial charge < -0.3 is 9.88 Å². The van der Waals surface area contributed by atoms with Crippen LogP contribution < -0.4 is 5.32 Å². The summed E-state index contributed by atoms with van der Waals surface area (Å²) in [5.74, 6) is 1.76. The van der Waals surface area contributed by atoms with Gasteiger partial charge in [0.25, 0.3) is 0 Å². The molecule has 0 radical (unpaired) electrons. The van der Waals surface area contributed by atoms with E-state index >= 15 is 0 Å². The first-order chi connectivity index (χ1) is 8.24. The van der Waals surface area contributed by atoms with Gasteiger partial charge in [0, 0.05) is 31.9 Å². The average Bonchev–Trinajstić information content (AvgIpc) is 2.91. The third-order valence-electron chi connectivity index (χ3n) is 4.15. The Labute approximate surface area is 103 Å². The Hall–Kier alpha value is -0.870. The molecule has 0 spiro atoms. The van der Waals surface area contributed by atoms with E-state index in [-0.39, 0.29) is 0 Å². The lowest BCUT2D eigenvalue weighted by atomic mass is 10.0. The normalized spacial score (nSPS) is 29.1. The molecule has 0 bridgehead atoms. The zero-order valence-electron chi connectivity index (χ0n) is 10.8. The molecule has 2 aliphatic heterocycles. The number of likely N-dealkylation sites (tertiary alicyclic amines) is 1. The van der Waals surface area contributed by atoms with Crippen molar-refractivity contribution in [2.75, 3.05) is 26.2 Å². The highest BCUT2D eigenvalue weighted by molar-refractivity contribution is 5.02. The maximum atomic E-state index is 4.28. The summed E-state index contributed by atoms with van der Waals surface area (Å²) in [5, 5.41) is 3.49. The molecule has 2 unspecified atom stereocenters. The average molecular weight is 234 g/mol. The summed E-state index contributed by atoms with van der Waals surface area (Å²) in [4.78, 5) is 6.87. The van der Waals surface area contributed by atoms with E-state index in [4.69, 9.17) is 0 Å². The Balaban J connectivity index is 1.65. The van der Waals surface area contributed by atoms with Gasteiger partial charge in [-0.05, 0) is 38.8 Å². The molecule has 2 fully saturated rings. The number of imidazole rings is 1. The van der Waals surface area contributed by atoms with Crippen LogP contribution in [-0.4, -0.2) is 40.6 Å². The molecular weight excluding hydrogens is 212 g/mol. The maximum Gasteiger partial charge on any atom is 0.0951 e. The van der Waals surface area contributed by atoms with Gasteiger partial charge in [0.1, 0.15) is 0 Å². The molecule has 0 saturated carbocycles. The summed E-state index contributed by atoms with van der Waals surface area (Å²) in [7, 11) is 0. The lowest BCUT2D eigenvalue weighted by Gasteiger charge is -2.19. The van der Waals surface area contributed by atoms with Crippen molar-refractivity contribution in [2.45, 2.75) is 26.4 Å². The van der Waals surface area contributed by atoms with Crippen molar-refractivity contribution in [2.24, 2.45) is 11.8 Å². The fraction of sp³-hybridized carbons (Fsp3) is 0.769. The number of hydrogen-bond acceptors (Lipinski definition) is 3. The van der Waals surface area contributed by atoms with Crippen LogP contribution in [0.1, 0.15) is 25.6 Å². The summed E-state index contributed by atoms with van der Waals surface area (Å²) in [5.41, 5.74) is 1.35. The Morgan fingerprint density at radius 3 is 2.71 bits per heavy atom. The molecule has 4 nitrogen and oxygen atoms in total. The molecule has 4 heteroatoms. The van der Waals surface area contributed by atoms with Crippen molar-refractivity contribution < 1.29 is 0 Å². The van der Waals surface area contributed by atoms with E-state index in [1.165, 1.54) is 31.9 Å². The van der Waals surface area contributed by atoms with Crippen LogP contribution in [0.25, 0.3) is 0 Å². The Morgan fingerprint density at radius 2 is 2.06 bits per heavy atom. The number of aromatic nitrogens is 2. The molecular formula is C13H22N4. The Morgan fingerprint density at radius 1 is 1.35 bits per heavy atom. The number of nitrogens with one attached hydrogen (secondary N) is 1. The fourth-order valence-electron chi connectivity index (χ4n) is 3.23. The largest absolute Gasteiger partial charge is 0.331 e. The Bertz CT molecular complexity index is 373. The molecule has 2 saturated heterocycles. The predicted octanol–water partition coefficient (Wildman–Crippen LogP) is 1.12. The minimum atomic E-state index is 0.510. The third-order valence-corrected chi connectivity index (χ3v) is 4.15. The van der Waals surface area contributed by atoms with Gasteiger partial charge in [0.05, 0.1) is 12.0 Å². The molecule has 3 heterocycles. The minimum Gasteiger partial charge on any atom is -0.331 e. The van der Waals surface area contributed by atoms with E-state index in [2.05, 4.69) is 33.6 Å². The van der Waals surface area contributed by atoms with Crippen LogP contribution in [0.5, 0.6) is 0 Å². The highest BCUT2D eigenvalue weighted by Crippen LogP contribution is 2.27. The van der Waals surface area contributed by atoms with Crippen LogP contribution in [0.15, 0.2) is 12.5 Å². The summed E-state index contributed by atoms with van der Waals surface area (Å²) in [6.45, 7) is 10.4. The molecule has 0 aliphatic carbocycles. The van der Waals surface area contributed by atoms with E-state index in [9.17, 15) is 0 Å². The van der Waals surface area contributed by atoms with Crippen LogP contribution in [0.2, 0.25) is 0 Å². The highest BCUT2D eigenvalue weighted by atomic mass is 15.2. The fourth-order valence-corrected chi connectivity index (χ4v) is 3.23. The lowest BCUT2D eigenvalue weighted by Crippen LogP contribution is -2.26. The SMILES string of the molecule is CC(C)n1cncc1CN1CC2CNCC2C1. The van der Waals surface area contributed by atoms with Crippen molar-refractivity contribution in [3.8, 4) is 0 Å². The van der Waals surface area contributed by atoms with E-state index < -0.39 is 0 Å². The molecule has 1 N–H and O–H groups in total. The number of nitrogens with zero attached hydrogens (tertiary/aromatic N) is 3. The highest BCUT2D eigenvalue weighted by Gasteiger charge is 2.36. The molecule has 1 aromatic heterocycles. The first-order valence-electron chi connectivity index (χ1n) is 6.68. The van der Waals surface area contributed by atoms with Gasteiger partial charge in [-0.15, -0.1) is 0 Å². The molecule has 1 aromatic rings. The second-order valence-electron chi connectivity index (χ2n) is 5.76. The number of rotatable bonds is 3. The van der Waals surface area contributed by atoms with E-state index in [0.717, 1.165) is 18.4 Å². The first-order valence-corrected chi connectivity index (χ1v) is 6.68. The van der Waals surface area contributed by atoms with Gasteiger partial charge in [-0.2, -0.15) is 0 Å². The molecule has 2 atom stereocenters. The number of fused-ring (bicyclic) bond motifs is 1. The van der Waals surface area contributed by atoms with Crippen LogP contribution in [0.4, 0.5) is 0 Å². The molecule has 94 valence electrons. The molecule has 2 aliphatic rings. The smallest absolute Gasteiger partial charge is 0.0951 e. The van der Waals surface area contributed by atoms with E-state index in [1.54, 1.807) is 0 Å². The van der Waals surface area contributed by atoms with Gasteiger partial charge in [-0.3, -0.25) is 4.90 Å². The summed E-state index contributed by atoms with van der Waals surface area (Å²) in [6, 6.07) is 0.510. The van der Waals surface area contributed by atoms with Crippen LogP contribution in [0.3, 0.4) is 0 Å². The van der Waals surface area contributed by atoms with E-state index in [1.807, 2.05) is 12.5 Å². The minimum absolute atomic E-state index is 0.510. The van der Waals surface area contributed by atoms with Crippen LogP contribution >= 0.6 is 0 Å². The van der Waals surface area contributed by atoms with Crippen molar-refractivity contribution >= 4 is 0 Å². The summed E-state index contributed by atoms with van der Waals surface area (Å²) < 4.78 is 2.28. The molecule has 17 heavy (non-hydrogen) atoms. The van der Waals surface area contributed by atoms with Gasteiger partial charge in [0.15, 0.2) is 0 Å². The second kappa shape index (κ2) is 4.42. The zero-order valence-corrected chi connectivity index (χ0v) is 10.8. The van der Waals surface area contributed by atoms with E-state index in [0.29, 0.717) is 6.04 Å². The lowest BCUT2D eigenvalue weighted by molar-refractivity contribution is 0.295. The van der Waals surface area contributed by atoms with Gasteiger partial charge in [-0.25, -0.2) is 4.98 Å². The zero-order chi connectivity index (χ0) is 11.8. The second-order valence-corrected chi connectivity index (χ2v) is 5.76. The van der Waals surface area contributed by atoms with Crippen molar-refractivity contribution in [3.63, 3.8) is 0 Å². The predicted molar refractivity (Wildman–Crippen MR) is 67.7 cm³/mol. The van der Waals surface area contributed by atoms with Crippen LogP contribution in [-0.2, 0) is 6.54 Å². The van der Waals surface area contributed by atoms with Gasteiger partial charge in [-0.1, -0.05) is 0 Å². The first kappa shape index (κ1) is 11.2. The maximum absolute atomic E-state index is 4.28. The van der Waals surface area contributed by atoms with Gasteiger partial charge >= 0.3 is 0 Å².